The highest BCUT2D eigenvalue weighted by Gasteiger charge is 2.27. The van der Waals surface area contributed by atoms with Crippen LogP contribution in [0.1, 0.15) is 41.3 Å². The van der Waals surface area contributed by atoms with Gasteiger partial charge in [-0.25, -0.2) is 0 Å². The largest absolute Gasteiger partial charge is 0.349 e. The van der Waals surface area contributed by atoms with Gasteiger partial charge in [0.2, 0.25) is 0 Å². The van der Waals surface area contributed by atoms with Crippen molar-refractivity contribution in [3.05, 3.63) is 34.9 Å². The Bertz CT molecular complexity index is 533. The third kappa shape index (κ3) is 3.36. The molecular formula is C16H20N2O. The molecule has 1 aliphatic rings. The predicted octanol–water partition coefficient (Wildman–Crippen LogP) is 1.83. The first kappa shape index (κ1) is 13.6. The fourth-order valence-corrected chi connectivity index (χ4v) is 2.38. The van der Waals surface area contributed by atoms with Crippen molar-refractivity contribution in [1.29, 1.82) is 0 Å². The molecule has 1 fully saturated rings. The summed E-state index contributed by atoms with van der Waals surface area (Å²) >= 11 is 0. The van der Waals surface area contributed by atoms with Crippen LogP contribution in [0, 0.1) is 24.7 Å². The van der Waals surface area contributed by atoms with Gasteiger partial charge in [0.15, 0.2) is 0 Å². The van der Waals surface area contributed by atoms with Crippen LogP contribution in [-0.4, -0.2) is 18.5 Å². The van der Waals surface area contributed by atoms with Gasteiger partial charge in [-0.1, -0.05) is 24.8 Å². The minimum atomic E-state index is 0.00537. The van der Waals surface area contributed by atoms with Gasteiger partial charge in [0, 0.05) is 17.2 Å². The van der Waals surface area contributed by atoms with E-state index >= 15 is 0 Å². The Morgan fingerprint density at radius 3 is 2.84 bits per heavy atom. The minimum absolute atomic E-state index is 0.00537. The Labute approximate surface area is 114 Å². The first-order chi connectivity index (χ1) is 9.10. The summed E-state index contributed by atoms with van der Waals surface area (Å²) in [6, 6.07) is 6.02. The molecule has 2 rings (SSSR count). The van der Waals surface area contributed by atoms with E-state index in [2.05, 4.69) is 24.1 Å². The van der Waals surface area contributed by atoms with E-state index < -0.39 is 0 Å². The van der Waals surface area contributed by atoms with Crippen LogP contribution in [0.5, 0.6) is 0 Å². The van der Waals surface area contributed by atoms with E-state index in [1.54, 1.807) is 0 Å². The fourth-order valence-electron chi connectivity index (χ4n) is 2.38. The summed E-state index contributed by atoms with van der Waals surface area (Å²) in [5, 5.41) is 3.08. The summed E-state index contributed by atoms with van der Waals surface area (Å²) in [5.41, 5.74) is 7.88. The second-order valence-electron chi connectivity index (χ2n) is 5.28. The van der Waals surface area contributed by atoms with Crippen LogP contribution in [0.15, 0.2) is 18.2 Å². The van der Waals surface area contributed by atoms with Crippen LogP contribution in [-0.2, 0) is 0 Å². The molecule has 0 saturated heterocycles. The lowest BCUT2D eigenvalue weighted by atomic mass is 9.82. The van der Waals surface area contributed by atoms with Gasteiger partial charge in [0.1, 0.15) is 0 Å². The van der Waals surface area contributed by atoms with E-state index in [0.717, 1.165) is 29.9 Å². The van der Waals surface area contributed by atoms with E-state index in [0.29, 0.717) is 18.2 Å². The normalized spacial score (nSPS) is 21.0. The zero-order chi connectivity index (χ0) is 13.8. The lowest BCUT2D eigenvalue weighted by Crippen LogP contribution is -2.43. The van der Waals surface area contributed by atoms with Gasteiger partial charge in [-0.05, 0) is 43.4 Å². The smallest absolute Gasteiger partial charge is 0.251 e. The van der Waals surface area contributed by atoms with Crippen molar-refractivity contribution in [3.8, 4) is 11.8 Å². The Hall–Kier alpha value is -1.79. The highest BCUT2D eigenvalue weighted by atomic mass is 16.1. The van der Waals surface area contributed by atoms with Crippen LogP contribution in [0.4, 0.5) is 0 Å². The highest BCUT2D eigenvalue weighted by Crippen LogP contribution is 2.26. The number of rotatable bonds is 2. The van der Waals surface area contributed by atoms with Crippen molar-refractivity contribution in [2.24, 2.45) is 11.7 Å². The van der Waals surface area contributed by atoms with Gasteiger partial charge in [-0.2, -0.15) is 0 Å². The molecule has 1 saturated carbocycles. The number of hydrogen-bond acceptors (Lipinski definition) is 2. The Balaban J connectivity index is 2.11. The molecular weight excluding hydrogens is 236 g/mol. The maximum absolute atomic E-state index is 12.2. The Morgan fingerprint density at radius 2 is 2.21 bits per heavy atom. The van der Waals surface area contributed by atoms with E-state index in [9.17, 15) is 4.79 Å². The number of hydrogen-bond donors (Lipinski definition) is 2. The second kappa shape index (κ2) is 5.90. The molecule has 3 N–H and O–H groups in total. The molecule has 1 aromatic carbocycles. The number of benzene rings is 1. The molecule has 0 radical (unpaired) electrons. The first-order valence-corrected chi connectivity index (χ1v) is 6.70. The molecule has 100 valence electrons. The molecule has 3 heteroatoms. The number of carbonyl (C=O) groups is 1. The molecule has 0 spiro atoms. The van der Waals surface area contributed by atoms with Crippen molar-refractivity contribution < 1.29 is 4.79 Å². The zero-order valence-corrected chi connectivity index (χ0v) is 11.5. The average molecular weight is 256 g/mol. The van der Waals surface area contributed by atoms with Crippen molar-refractivity contribution in [3.63, 3.8) is 0 Å². The van der Waals surface area contributed by atoms with E-state index in [1.807, 2.05) is 25.1 Å². The maximum Gasteiger partial charge on any atom is 0.251 e. The SMILES string of the molecule is Cc1ccc(C#CCN)cc1C(=O)NC1CC(C)C1. The lowest BCUT2D eigenvalue weighted by molar-refractivity contribution is 0.0895. The van der Waals surface area contributed by atoms with Crippen LogP contribution in [0.25, 0.3) is 0 Å². The quantitative estimate of drug-likeness (QED) is 0.793. The standard InChI is InChI=1S/C16H20N2O/c1-11-8-14(9-11)18-16(19)15-10-13(4-3-7-17)6-5-12(15)2/h5-6,10-11,14H,7-9,17H2,1-2H3,(H,18,19). The monoisotopic (exact) mass is 256 g/mol. The Kier molecular flexibility index (Phi) is 4.24. The molecule has 0 bridgehead atoms. The van der Waals surface area contributed by atoms with Gasteiger partial charge in [0.25, 0.3) is 5.91 Å². The molecule has 0 atom stereocenters. The van der Waals surface area contributed by atoms with Crippen molar-refractivity contribution in [2.45, 2.75) is 32.7 Å². The van der Waals surface area contributed by atoms with Gasteiger partial charge in [0.05, 0.1) is 6.54 Å². The number of carbonyl (C=O) groups excluding carboxylic acids is 1. The van der Waals surface area contributed by atoms with Crippen LogP contribution < -0.4 is 11.1 Å². The van der Waals surface area contributed by atoms with Crippen LogP contribution >= 0.6 is 0 Å². The van der Waals surface area contributed by atoms with E-state index in [4.69, 9.17) is 5.73 Å². The van der Waals surface area contributed by atoms with Crippen LogP contribution in [0.2, 0.25) is 0 Å². The molecule has 0 unspecified atom stereocenters. The topological polar surface area (TPSA) is 55.1 Å². The molecule has 1 amide bonds. The molecule has 0 aromatic heterocycles. The average Bonchev–Trinajstić information content (AvgIpc) is 2.35. The Morgan fingerprint density at radius 1 is 1.47 bits per heavy atom. The summed E-state index contributed by atoms with van der Waals surface area (Å²) in [5.74, 6) is 6.50. The van der Waals surface area contributed by atoms with Gasteiger partial charge < -0.3 is 11.1 Å². The first-order valence-electron chi connectivity index (χ1n) is 6.70. The summed E-state index contributed by atoms with van der Waals surface area (Å²) < 4.78 is 0. The van der Waals surface area contributed by atoms with Crippen LogP contribution in [0.3, 0.4) is 0 Å². The molecule has 0 aliphatic heterocycles. The number of nitrogens with one attached hydrogen (secondary N) is 1. The van der Waals surface area contributed by atoms with E-state index in [1.165, 1.54) is 0 Å². The van der Waals surface area contributed by atoms with Crippen molar-refractivity contribution >= 4 is 5.91 Å². The lowest BCUT2D eigenvalue weighted by Gasteiger charge is -2.33. The zero-order valence-electron chi connectivity index (χ0n) is 11.5. The molecule has 3 nitrogen and oxygen atoms in total. The summed E-state index contributed by atoms with van der Waals surface area (Å²) in [4.78, 5) is 12.2. The highest BCUT2D eigenvalue weighted by molar-refractivity contribution is 5.96. The second-order valence-corrected chi connectivity index (χ2v) is 5.28. The van der Waals surface area contributed by atoms with Gasteiger partial charge in [-0.15, -0.1) is 0 Å². The third-order valence-electron chi connectivity index (χ3n) is 3.53. The maximum atomic E-state index is 12.2. The number of amides is 1. The van der Waals surface area contributed by atoms with Gasteiger partial charge >= 0.3 is 0 Å². The fraction of sp³-hybridized carbons (Fsp3) is 0.438. The molecule has 0 heterocycles. The van der Waals surface area contributed by atoms with Crippen molar-refractivity contribution in [1.82, 2.24) is 5.32 Å². The van der Waals surface area contributed by atoms with Gasteiger partial charge in [-0.3, -0.25) is 4.79 Å². The van der Waals surface area contributed by atoms with Crippen molar-refractivity contribution in [2.75, 3.05) is 6.54 Å². The predicted molar refractivity (Wildman–Crippen MR) is 76.8 cm³/mol. The molecule has 1 aromatic rings. The summed E-state index contributed by atoms with van der Waals surface area (Å²) in [6.45, 7) is 4.48. The van der Waals surface area contributed by atoms with E-state index in [-0.39, 0.29) is 5.91 Å². The molecule has 1 aliphatic carbocycles. The third-order valence-corrected chi connectivity index (χ3v) is 3.53. The minimum Gasteiger partial charge on any atom is -0.349 e. The summed E-state index contributed by atoms with van der Waals surface area (Å²) in [6.07, 6.45) is 2.16. The number of aryl methyl sites for hydroxylation is 1. The molecule has 19 heavy (non-hydrogen) atoms. The number of nitrogens with two attached hydrogens (primary N) is 1. The summed E-state index contributed by atoms with van der Waals surface area (Å²) in [7, 11) is 0.